The van der Waals surface area contributed by atoms with Crippen LogP contribution < -0.4 is 16.9 Å². The van der Waals surface area contributed by atoms with Crippen LogP contribution in [0.4, 0.5) is 11.4 Å². The number of pyridine rings is 1. The second-order valence-electron chi connectivity index (χ2n) is 4.06. The molecule has 0 aliphatic carbocycles. The van der Waals surface area contributed by atoms with Crippen molar-refractivity contribution in [3.8, 4) is 0 Å². The Morgan fingerprint density at radius 3 is 2.35 bits per heavy atom. The lowest BCUT2D eigenvalue weighted by Gasteiger charge is -2.04. The minimum absolute atomic E-state index is 0.0268. The van der Waals surface area contributed by atoms with Gasteiger partial charge in [-0.2, -0.15) is 0 Å². The molecule has 1 aromatic heterocycles. The van der Waals surface area contributed by atoms with E-state index < -0.39 is 0 Å². The number of rotatable bonds is 0. The van der Waals surface area contributed by atoms with E-state index in [9.17, 15) is 4.79 Å². The number of H-pyrrole nitrogens is 1. The molecule has 0 spiro atoms. The summed E-state index contributed by atoms with van der Waals surface area (Å²) < 4.78 is 0. The predicted molar refractivity (Wildman–Crippen MR) is 70.9 cm³/mol. The lowest BCUT2D eigenvalue weighted by atomic mass is 10.1. The zero-order valence-electron chi connectivity index (χ0n) is 9.03. The van der Waals surface area contributed by atoms with Gasteiger partial charge in [-0.15, -0.1) is 0 Å². The summed E-state index contributed by atoms with van der Waals surface area (Å²) in [5, 5.41) is 1.22. The summed E-state index contributed by atoms with van der Waals surface area (Å²) in [4.78, 5) is 15.4. The quantitative estimate of drug-likeness (QED) is 0.403. The molecule has 17 heavy (non-hydrogen) atoms. The fraction of sp³-hybridized carbons (Fsp3) is 0. The average Bonchev–Trinajstić information content (AvgIpc) is 2.30. The van der Waals surface area contributed by atoms with Crippen LogP contribution in [-0.4, -0.2) is 4.98 Å². The molecule has 0 aliphatic heterocycles. The molecule has 0 saturated carbocycles. The van der Waals surface area contributed by atoms with E-state index in [1.165, 1.54) is 0 Å². The van der Waals surface area contributed by atoms with E-state index in [0.29, 0.717) is 22.1 Å². The molecule has 0 aliphatic rings. The first-order valence-corrected chi connectivity index (χ1v) is 5.26. The minimum Gasteiger partial charge on any atom is -0.399 e. The maximum Gasteiger partial charge on any atom is 0.197 e. The lowest BCUT2D eigenvalue weighted by Crippen LogP contribution is -2.05. The highest BCUT2D eigenvalue weighted by Gasteiger charge is 2.05. The van der Waals surface area contributed by atoms with Crippen LogP contribution in [0, 0.1) is 0 Å². The molecule has 0 saturated heterocycles. The van der Waals surface area contributed by atoms with Crippen molar-refractivity contribution in [2.24, 2.45) is 0 Å². The van der Waals surface area contributed by atoms with Crippen molar-refractivity contribution >= 4 is 33.2 Å². The smallest absolute Gasteiger partial charge is 0.197 e. The molecule has 0 atom stereocenters. The van der Waals surface area contributed by atoms with Gasteiger partial charge in [0.15, 0.2) is 5.43 Å². The first-order valence-electron chi connectivity index (χ1n) is 5.26. The fourth-order valence-corrected chi connectivity index (χ4v) is 2.01. The molecule has 3 aromatic rings. The van der Waals surface area contributed by atoms with Crippen LogP contribution in [0.15, 0.2) is 41.2 Å². The van der Waals surface area contributed by atoms with Gasteiger partial charge in [-0.25, -0.2) is 0 Å². The predicted octanol–water partition coefficient (Wildman–Crippen LogP) is 1.85. The van der Waals surface area contributed by atoms with Gasteiger partial charge in [-0.05, 0) is 36.4 Å². The maximum atomic E-state index is 12.2. The summed E-state index contributed by atoms with van der Waals surface area (Å²) in [7, 11) is 0. The first kappa shape index (κ1) is 9.72. The van der Waals surface area contributed by atoms with E-state index in [-0.39, 0.29) is 5.43 Å². The summed E-state index contributed by atoms with van der Waals surface area (Å²) in [5.74, 6) is 0. The number of hydrogen-bond acceptors (Lipinski definition) is 3. The van der Waals surface area contributed by atoms with Crippen molar-refractivity contribution in [1.29, 1.82) is 0 Å². The molecule has 1 heterocycles. The Labute approximate surface area is 96.9 Å². The zero-order chi connectivity index (χ0) is 12.0. The number of benzene rings is 2. The minimum atomic E-state index is -0.0268. The molecule has 4 nitrogen and oxygen atoms in total. The zero-order valence-corrected chi connectivity index (χ0v) is 9.03. The summed E-state index contributed by atoms with van der Waals surface area (Å²) in [6, 6.07) is 10.4. The highest BCUT2D eigenvalue weighted by molar-refractivity contribution is 5.94. The van der Waals surface area contributed by atoms with Gasteiger partial charge in [0.1, 0.15) is 0 Å². The summed E-state index contributed by atoms with van der Waals surface area (Å²) >= 11 is 0. The Bertz CT molecular complexity index is 790. The monoisotopic (exact) mass is 225 g/mol. The number of nitrogen functional groups attached to an aromatic ring is 2. The van der Waals surface area contributed by atoms with Gasteiger partial charge in [0.2, 0.25) is 0 Å². The van der Waals surface area contributed by atoms with Crippen molar-refractivity contribution in [3.05, 3.63) is 46.6 Å². The molecule has 84 valence electrons. The third-order valence-electron chi connectivity index (χ3n) is 2.85. The van der Waals surface area contributed by atoms with Crippen LogP contribution in [0.5, 0.6) is 0 Å². The Morgan fingerprint density at radius 2 is 1.53 bits per heavy atom. The van der Waals surface area contributed by atoms with E-state index in [4.69, 9.17) is 11.5 Å². The van der Waals surface area contributed by atoms with Crippen molar-refractivity contribution in [2.75, 3.05) is 11.5 Å². The van der Waals surface area contributed by atoms with Crippen molar-refractivity contribution in [2.45, 2.75) is 0 Å². The van der Waals surface area contributed by atoms with Crippen LogP contribution in [0.1, 0.15) is 0 Å². The van der Waals surface area contributed by atoms with Crippen LogP contribution in [0.3, 0.4) is 0 Å². The summed E-state index contributed by atoms with van der Waals surface area (Å²) in [6.07, 6.45) is 0. The molecule has 0 radical (unpaired) electrons. The highest BCUT2D eigenvalue weighted by atomic mass is 16.1. The first-order chi connectivity index (χ1) is 8.15. The van der Waals surface area contributed by atoms with Crippen LogP contribution in [0.25, 0.3) is 21.8 Å². The molecule has 2 aromatic carbocycles. The van der Waals surface area contributed by atoms with E-state index in [1.54, 1.807) is 36.4 Å². The number of anilines is 2. The van der Waals surface area contributed by atoms with Gasteiger partial charge in [-0.3, -0.25) is 4.79 Å². The SMILES string of the molecule is Nc1ccc2c(=O)c3cc(N)ccc3[nH]c2c1. The van der Waals surface area contributed by atoms with Crippen molar-refractivity contribution < 1.29 is 0 Å². The van der Waals surface area contributed by atoms with Crippen molar-refractivity contribution in [1.82, 2.24) is 4.98 Å². The molecule has 0 unspecified atom stereocenters. The standard InChI is InChI=1S/C13H11N3O/c14-7-2-4-11-10(5-7)13(17)9-3-1-8(15)6-12(9)16-11/h1-6H,14-15H2,(H,16,17). The average molecular weight is 225 g/mol. The van der Waals surface area contributed by atoms with Gasteiger partial charge in [-0.1, -0.05) is 0 Å². The molecular weight excluding hydrogens is 214 g/mol. The number of fused-ring (bicyclic) bond motifs is 2. The molecular formula is C13H11N3O. The largest absolute Gasteiger partial charge is 0.399 e. The lowest BCUT2D eigenvalue weighted by molar-refractivity contribution is 1.48. The van der Waals surface area contributed by atoms with Gasteiger partial charge in [0.05, 0.1) is 5.52 Å². The number of aromatic amines is 1. The third kappa shape index (κ3) is 1.42. The Hall–Kier alpha value is -2.49. The van der Waals surface area contributed by atoms with E-state index in [2.05, 4.69) is 4.98 Å². The normalized spacial score (nSPS) is 11.1. The van der Waals surface area contributed by atoms with Gasteiger partial charge in [0.25, 0.3) is 0 Å². The van der Waals surface area contributed by atoms with E-state index >= 15 is 0 Å². The number of nitrogens with two attached hydrogens (primary N) is 2. The van der Waals surface area contributed by atoms with Crippen LogP contribution >= 0.6 is 0 Å². The fourth-order valence-electron chi connectivity index (χ4n) is 2.01. The Morgan fingerprint density at radius 1 is 0.824 bits per heavy atom. The maximum absolute atomic E-state index is 12.2. The number of nitrogens with one attached hydrogen (secondary N) is 1. The molecule has 4 heteroatoms. The topological polar surface area (TPSA) is 84.9 Å². The molecule has 5 N–H and O–H groups in total. The Kier molecular flexibility index (Phi) is 1.86. The number of hydrogen-bond donors (Lipinski definition) is 3. The molecule has 0 bridgehead atoms. The number of aromatic nitrogens is 1. The van der Waals surface area contributed by atoms with Crippen LogP contribution in [0.2, 0.25) is 0 Å². The third-order valence-corrected chi connectivity index (χ3v) is 2.85. The summed E-state index contributed by atoms with van der Waals surface area (Å²) in [6.45, 7) is 0. The van der Waals surface area contributed by atoms with Gasteiger partial charge >= 0.3 is 0 Å². The van der Waals surface area contributed by atoms with E-state index in [1.807, 2.05) is 0 Å². The second kappa shape index (κ2) is 3.25. The second-order valence-corrected chi connectivity index (χ2v) is 4.06. The van der Waals surface area contributed by atoms with Gasteiger partial charge < -0.3 is 16.5 Å². The van der Waals surface area contributed by atoms with Crippen molar-refractivity contribution in [3.63, 3.8) is 0 Å². The van der Waals surface area contributed by atoms with E-state index in [0.717, 1.165) is 11.0 Å². The highest BCUT2D eigenvalue weighted by Crippen LogP contribution is 2.18. The van der Waals surface area contributed by atoms with Gasteiger partial charge in [0, 0.05) is 27.7 Å². The van der Waals surface area contributed by atoms with Crippen LogP contribution in [-0.2, 0) is 0 Å². The molecule has 0 amide bonds. The summed E-state index contributed by atoms with van der Waals surface area (Å²) in [5.41, 5.74) is 14.1. The Balaban J connectivity index is 2.57. The molecule has 0 fully saturated rings. The molecule has 3 rings (SSSR count).